The molecule has 0 saturated carbocycles. The molecule has 2 aromatic carbocycles. The molecule has 3 rings (SSSR count). The quantitative estimate of drug-likeness (QED) is 0.908. The first-order valence-electron chi connectivity index (χ1n) is 6.90. The van der Waals surface area contributed by atoms with E-state index >= 15 is 0 Å². The monoisotopic (exact) mass is 318 g/mol. The third-order valence-corrected chi connectivity index (χ3v) is 3.64. The van der Waals surface area contributed by atoms with E-state index in [1.807, 2.05) is 24.3 Å². The largest absolute Gasteiger partial charge is 0.454 e. The molecule has 6 heteroatoms. The number of fused-ring (bicyclic) bond motifs is 1. The van der Waals surface area contributed by atoms with Gasteiger partial charge in [0.1, 0.15) is 0 Å². The van der Waals surface area contributed by atoms with Crippen molar-refractivity contribution in [3.63, 3.8) is 0 Å². The number of halogens is 1. The third kappa shape index (κ3) is 3.43. The van der Waals surface area contributed by atoms with Gasteiger partial charge in [-0.05, 0) is 30.2 Å². The van der Waals surface area contributed by atoms with Gasteiger partial charge in [0.25, 0.3) is 0 Å². The van der Waals surface area contributed by atoms with Crippen LogP contribution in [0, 0.1) is 0 Å². The molecule has 0 fully saturated rings. The van der Waals surface area contributed by atoms with Gasteiger partial charge in [0.15, 0.2) is 11.5 Å². The van der Waals surface area contributed by atoms with E-state index in [-0.39, 0.29) is 12.8 Å². The molecule has 0 atom stereocenters. The van der Waals surface area contributed by atoms with Gasteiger partial charge in [-0.15, -0.1) is 0 Å². The normalized spacial score (nSPS) is 12.0. The summed E-state index contributed by atoms with van der Waals surface area (Å²) in [6.45, 7) is 0.711. The lowest BCUT2D eigenvalue weighted by atomic mass is 10.1. The Kier molecular flexibility index (Phi) is 4.34. The Hall–Kier alpha value is -2.40. The third-order valence-electron chi connectivity index (χ3n) is 3.27. The summed E-state index contributed by atoms with van der Waals surface area (Å²) in [6, 6.07) is 12.6. The number of amides is 2. The molecule has 2 N–H and O–H groups in total. The van der Waals surface area contributed by atoms with Crippen LogP contribution in [0.15, 0.2) is 42.5 Å². The predicted octanol–water partition coefficient (Wildman–Crippen LogP) is 3.43. The molecule has 0 spiro atoms. The number of anilines is 1. The summed E-state index contributed by atoms with van der Waals surface area (Å²) in [4.78, 5) is 11.9. The molecule has 0 unspecified atom stereocenters. The van der Waals surface area contributed by atoms with Crippen LogP contribution >= 0.6 is 11.6 Å². The predicted molar refractivity (Wildman–Crippen MR) is 84.7 cm³/mol. The van der Waals surface area contributed by atoms with Crippen LogP contribution in [0.2, 0.25) is 5.02 Å². The zero-order valence-corrected chi connectivity index (χ0v) is 12.5. The highest BCUT2D eigenvalue weighted by atomic mass is 35.5. The Morgan fingerprint density at radius 3 is 2.82 bits per heavy atom. The van der Waals surface area contributed by atoms with E-state index in [1.54, 1.807) is 18.2 Å². The minimum absolute atomic E-state index is 0.211. The van der Waals surface area contributed by atoms with E-state index in [9.17, 15) is 4.79 Å². The Balaban J connectivity index is 1.49. The average Bonchev–Trinajstić information content (AvgIpc) is 2.97. The Morgan fingerprint density at radius 1 is 1.14 bits per heavy atom. The molecule has 1 heterocycles. The van der Waals surface area contributed by atoms with Crippen LogP contribution < -0.4 is 20.1 Å². The summed E-state index contributed by atoms with van der Waals surface area (Å²) in [6.07, 6.45) is 0.675. The summed E-state index contributed by atoms with van der Waals surface area (Å²) >= 11 is 6.07. The number of nitrogens with one attached hydrogen (secondary N) is 2. The Morgan fingerprint density at radius 2 is 1.95 bits per heavy atom. The van der Waals surface area contributed by atoms with Gasteiger partial charge >= 0.3 is 6.03 Å². The maximum atomic E-state index is 11.9. The fourth-order valence-electron chi connectivity index (χ4n) is 2.16. The van der Waals surface area contributed by atoms with E-state index in [1.165, 1.54) is 0 Å². The van der Waals surface area contributed by atoms with E-state index in [0.29, 0.717) is 35.2 Å². The molecule has 22 heavy (non-hydrogen) atoms. The molecule has 1 aliphatic heterocycles. The van der Waals surface area contributed by atoms with Crippen molar-refractivity contribution in [3.8, 4) is 11.5 Å². The van der Waals surface area contributed by atoms with Crippen LogP contribution in [0.4, 0.5) is 10.5 Å². The number of benzene rings is 2. The molecule has 2 aromatic rings. The van der Waals surface area contributed by atoms with Gasteiger partial charge in [-0.25, -0.2) is 4.79 Å². The Bertz CT molecular complexity index is 691. The molecule has 2 amide bonds. The fraction of sp³-hybridized carbons (Fsp3) is 0.188. The van der Waals surface area contributed by atoms with Gasteiger partial charge in [0.05, 0.1) is 0 Å². The van der Waals surface area contributed by atoms with Gasteiger partial charge < -0.3 is 20.1 Å². The van der Waals surface area contributed by atoms with Gasteiger partial charge in [-0.1, -0.05) is 29.8 Å². The van der Waals surface area contributed by atoms with E-state index < -0.39 is 0 Å². The highest BCUT2D eigenvalue weighted by Gasteiger charge is 2.13. The second-order valence-corrected chi connectivity index (χ2v) is 5.20. The van der Waals surface area contributed by atoms with Crippen LogP contribution in [0.5, 0.6) is 11.5 Å². The second-order valence-electron chi connectivity index (χ2n) is 4.79. The molecular weight excluding hydrogens is 304 g/mol. The molecule has 1 aliphatic rings. The number of ether oxygens (including phenoxy) is 2. The minimum Gasteiger partial charge on any atom is -0.454 e. The number of hydrogen-bond acceptors (Lipinski definition) is 3. The van der Waals surface area contributed by atoms with Crippen molar-refractivity contribution in [2.75, 3.05) is 18.7 Å². The lowest BCUT2D eigenvalue weighted by Gasteiger charge is -2.09. The first-order chi connectivity index (χ1) is 10.7. The van der Waals surface area contributed by atoms with Crippen LogP contribution in [0.25, 0.3) is 0 Å². The summed E-state index contributed by atoms with van der Waals surface area (Å²) in [5.74, 6) is 1.32. The average molecular weight is 319 g/mol. The zero-order chi connectivity index (χ0) is 15.4. The second kappa shape index (κ2) is 6.58. The Labute approximate surface area is 133 Å². The molecule has 0 aromatic heterocycles. The smallest absolute Gasteiger partial charge is 0.319 e. The van der Waals surface area contributed by atoms with E-state index in [0.717, 1.165) is 5.56 Å². The molecule has 0 radical (unpaired) electrons. The SMILES string of the molecule is O=C(NCCc1ccccc1Cl)Nc1ccc2c(c1)OCO2. The van der Waals surface area contributed by atoms with Crippen molar-refractivity contribution in [1.29, 1.82) is 0 Å². The first-order valence-corrected chi connectivity index (χ1v) is 7.28. The lowest BCUT2D eigenvalue weighted by Crippen LogP contribution is -2.30. The van der Waals surface area contributed by atoms with Gasteiger partial charge in [-0.2, -0.15) is 0 Å². The van der Waals surface area contributed by atoms with Gasteiger partial charge in [0.2, 0.25) is 6.79 Å². The van der Waals surface area contributed by atoms with Crippen molar-refractivity contribution in [2.24, 2.45) is 0 Å². The first kappa shape index (κ1) is 14.5. The number of rotatable bonds is 4. The number of urea groups is 1. The highest BCUT2D eigenvalue weighted by molar-refractivity contribution is 6.31. The zero-order valence-electron chi connectivity index (χ0n) is 11.8. The van der Waals surface area contributed by atoms with Crippen molar-refractivity contribution in [2.45, 2.75) is 6.42 Å². The van der Waals surface area contributed by atoms with Crippen LogP contribution in [0.3, 0.4) is 0 Å². The number of carbonyl (C=O) groups is 1. The minimum atomic E-state index is -0.272. The van der Waals surface area contributed by atoms with Crippen LogP contribution in [-0.2, 0) is 6.42 Å². The summed E-state index contributed by atoms with van der Waals surface area (Å²) < 4.78 is 10.5. The number of carbonyl (C=O) groups excluding carboxylic acids is 1. The maximum absolute atomic E-state index is 11.9. The van der Waals surface area contributed by atoms with Crippen molar-refractivity contribution in [1.82, 2.24) is 5.32 Å². The van der Waals surface area contributed by atoms with Crippen molar-refractivity contribution < 1.29 is 14.3 Å². The summed E-state index contributed by atoms with van der Waals surface area (Å²) in [5.41, 5.74) is 1.66. The van der Waals surface area contributed by atoms with E-state index in [2.05, 4.69) is 10.6 Å². The topological polar surface area (TPSA) is 59.6 Å². The van der Waals surface area contributed by atoms with Gasteiger partial charge in [-0.3, -0.25) is 0 Å². The molecule has 0 bridgehead atoms. The molecule has 114 valence electrons. The molecule has 0 aliphatic carbocycles. The van der Waals surface area contributed by atoms with Crippen molar-refractivity contribution in [3.05, 3.63) is 53.1 Å². The van der Waals surface area contributed by atoms with Crippen LogP contribution in [-0.4, -0.2) is 19.4 Å². The molecular formula is C16H15ClN2O3. The summed E-state index contributed by atoms with van der Waals surface area (Å²) in [5, 5.41) is 6.26. The standard InChI is InChI=1S/C16H15ClN2O3/c17-13-4-2-1-3-11(13)7-8-18-16(20)19-12-5-6-14-15(9-12)22-10-21-14/h1-6,9H,7-8,10H2,(H2,18,19,20). The lowest BCUT2D eigenvalue weighted by molar-refractivity contribution is 0.174. The summed E-state index contributed by atoms with van der Waals surface area (Å²) in [7, 11) is 0. The highest BCUT2D eigenvalue weighted by Crippen LogP contribution is 2.34. The van der Waals surface area contributed by atoms with Gasteiger partial charge in [0, 0.05) is 23.3 Å². The van der Waals surface area contributed by atoms with Crippen LogP contribution in [0.1, 0.15) is 5.56 Å². The maximum Gasteiger partial charge on any atom is 0.319 e. The van der Waals surface area contributed by atoms with Crippen molar-refractivity contribution >= 4 is 23.3 Å². The number of hydrogen-bond donors (Lipinski definition) is 2. The van der Waals surface area contributed by atoms with E-state index in [4.69, 9.17) is 21.1 Å². The molecule has 0 saturated heterocycles. The molecule has 5 nitrogen and oxygen atoms in total. The fourth-order valence-corrected chi connectivity index (χ4v) is 2.39.